The molecule has 0 bridgehead atoms. The molecule has 10 heteroatoms. The maximum Gasteiger partial charge on any atom is 0.407 e. The van der Waals surface area contributed by atoms with Crippen molar-refractivity contribution in [2.45, 2.75) is 38.3 Å². The number of alkyl carbamates (subject to hydrolysis) is 1. The van der Waals surface area contributed by atoms with E-state index in [1.54, 1.807) is 6.92 Å². The number of amides is 2. The third kappa shape index (κ3) is 5.22. The van der Waals surface area contributed by atoms with Gasteiger partial charge in [-0.25, -0.2) is 4.79 Å². The Kier molecular flexibility index (Phi) is 6.86. The number of hydrogen-bond acceptors (Lipinski definition) is 7. The highest BCUT2D eigenvalue weighted by atomic mass is 16.5. The average molecular weight is 464 g/mol. The molecule has 0 spiro atoms. The lowest BCUT2D eigenvalue weighted by Crippen LogP contribution is -2.47. The molecule has 176 valence electrons. The van der Waals surface area contributed by atoms with Gasteiger partial charge in [-0.1, -0.05) is 53.7 Å². The number of fused-ring (bicyclic) bond motifs is 3. The number of aryl methyl sites for hydroxylation is 1. The monoisotopic (exact) mass is 464 g/mol. The summed E-state index contributed by atoms with van der Waals surface area (Å²) in [4.78, 5) is 40.2. The standard InChI is InChI=1S/C24H24N4O6/c1-14-26-21(34-28-14)12-25-23(31)20(10-11-22(29)30)27-24(32)33-13-19-17-8-4-2-6-15(17)16-7-3-5-9-18(16)19/h2-9,19-20H,10-13H2,1H3,(H,25,31)(H,27,32)(H,29,30). The van der Waals surface area contributed by atoms with E-state index >= 15 is 0 Å². The average Bonchev–Trinajstić information content (AvgIpc) is 3.39. The van der Waals surface area contributed by atoms with Gasteiger partial charge in [-0.05, 0) is 35.6 Å². The van der Waals surface area contributed by atoms with Gasteiger partial charge < -0.3 is 25.0 Å². The van der Waals surface area contributed by atoms with E-state index in [0.717, 1.165) is 22.3 Å². The van der Waals surface area contributed by atoms with Crippen LogP contribution in [0.1, 0.15) is 41.6 Å². The normalized spacial score (nSPS) is 13.0. The lowest BCUT2D eigenvalue weighted by molar-refractivity contribution is -0.137. The van der Waals surface area contributed by atoms with Crippen molar-refractivity contribution in [2.75, 3.05) is 6.61 Å². The van der Waals surface area contributed by atoms with E-state index in [1.807, 2.05) is 48.5 Å². The van der Waals surface area contributed by atoms with Crippen LogP contribution in [0.4, 0.5) is 4.79 Å². The van der Waals surface area contributed by atoms with Crippen LogP contribution < -0.4 is 10.6 Å². The molecule has 1 atom stereocenters. The Labute approximate surface area is 195 Å². The number of carbonyl (C=O) groups excluding carboxylic acids is 2. The molecule has 1 unspecified atom stereocenters. The van der Waals surface area contributed by atoms with Gasteiger partial charge in [0.25, 0.3) is 0 Å². The molecule has 0 fully saturated rings. The van der Waals surface area contributed by atoms with E-state index < -0.39 is 24.0 Å². The Balaban J connectivity index is 1.38. The summed E-state index contributed by atoms with van der Waals surface area (Å²) in [6, 6.07) is 14.8. The molecule has 34 heavy (non-hydrogen) atoms. The molecule has 1 heterocycles. The summed E-state index contributed by atoms with van der Waals surface area (Å²) in [5, 5.41) is 17.7. The van der Waals surface area contributed by atoms with Crippen LogP contribution in [-0.4, -0.2) is 45.9 Å². The summed E-state index contributed by atoms with van der Waals surface area (Å²) in [6.45, 7) is 1.67. The van der Waals surface area contributed by atoms with Gasteiger partial charge in [0.2, 0.25) is 11.8 Å². The molecular weight excluding hydrogens is 440 g/mol. The molecule has 0 aliphatic heterocycles. The number of nitrogens with zero attached hydrogens (tertiary/aromatic N) is 2. The van der Waals surface area contributed by atoms with E-state index in [0.29, 0.717) is 5.82 Å². The van der Waals surface area contributed by atoms with Crippen LogP contribution in [0.25, 0.3) is 11.1 Å². The maximum absolute atomic E-state index is 12.6. The highest BCUT2D eigenvalue weighted by Gasteiger charge is 2.30. The van der Waals surface area contributed by atoms with Gasteiger partial charge in [0.1, 0.15) is 12.6 Å². The third-order valence-electron chi connectivity index (χ3n) is 5.58. The maximum atomic E-state index is 12.6. The molecule has 2 amide bonds. The van der Waals surface area contributed by atoms with Crippen LogP contribution in [0.5, 0.6) is 0 Å². The van der Waals surface area contributed by atoms with Gasteiger partial charge in [-0.2, -0.15) is 4.98 Å². The molecule has 1 aliphatic carbocycles. The number of carboxylic acids is 1. The first-order valence-corrected chi connectivity index (χ1v) is 10.8. The van der Waals surface area contributed by atoms with Gasteiger partial charge in [0, 0.05) is 12.3 Å². The Bertz CT molecular complexity index is 1160. The smallest absolute Gasteiger partial charge is 0.407 e. The predicted molar refractivity (Wildman–Crippen MR) is 120 cm³/mol. The van der Waals surface area contributed by atoms with Crippen LogP contribution in [0.3, 0.4) is 0 Å². The number of rotatable bonds is 9. The number of nitrogens with one attached hydrogen (secondary N) is 2. The minimum Gasteiger partial charge on any atom is -0.481 e. The summed E-state index contributed by atoms with van der Waals surface area (Å²) < 4.78 is 10.4. The fraction of sp³-hybridized carbons (Fsp3) is 0.292. The molecule has 0 radical (unpaired) electrons. The van der Waals surface area contributed by atoms with Crippen molar-refractivity contribution in [1.29, 1.82) is 0 Å². The number of carboxylic acid groups (broad SMARTS) is 1. The molecule has 2 aromatic carbocycles. The van der Waals surface area contributed by atoms with Crippen molar-refractivity contribution in [2.24, 2.45) is 0 Å². The van der Waals surface area contributed by atoms with Gasteiger partial charge in [-0.15, -0.1) is 0 Å². The van der Waals surface area contributed by atoms with Crippen molar-refractivity contribution in [3.8, 4) is 11.1 Å². The number of aromatic nitrogens is 2. The minimum atomic E-state index is -1.10. The van der Waals surface area contributed by atoms with Crippen LogP contribution in [0, 0.1) is 6.92 Å². The lowest BCUT2D eigenvalue weighted by atomic mass is 9.98. The topological polar surface area (TPSA) is 144 Å². The number of benzene rings is 2. The van der Waals surface area contributed by atoms with Crippen molar-refractivity contribution >= 4 is 18.0 Å². The van der Waals surface area contributed by atoms with Crippen LogP contribution >= 0.6 is 0 Å². The van der Waals surface area contributed by atoms with Gasteiger partial charge in [-0.3, -0.25) is 9.59 Å². The fourth-order valence-corrected chi connectivity index (χ4v) is 4.02. The lowest BCUT2D eigenvalue weighted by Gasteiger charge is -2.19. The van der Waals surface area contributed by atoms with E-state index in [2.05, 4.69) is 20.8 Å². The molecule has 0 saturated carbocycles. The highest BCUT2D eigenvalue weighted by Crippen LogP contribution is 2.44. The number of aliphatic carboxylic acids is 1. The van der Waals surface area contributed by atoms with Crippen molar-refractivity contribution in [1.82, 2.24) is 20.8 Å². The van der Waals surface area contributed by atoms with Gasteiger partial charge in [0.05, 0.1) is 6.54 Å². The highest BCUT2D eigenvalue weighted by molar-refractivity contribution is 5.86. The van der Waals surface area contributed by atoms with Crippen molar-refractivity contribution in [3.05, 3.63) is 71.4 Å². The first-order valence-electron chi connectivity index (χ1n) is 10.8. The zero-order valence-electron chi connectivity index (χ0n) is 18.5. The molecule has 4 rings (SSSR count). The predicted octanol–water partition coefficient (Wildman–Crippen LogP) is 2.77. The van der Waals surface area contributed by atoms with Gasteiger partial charge >= 0.3 is 12.1 Å². The van der Waals surface area contributed by atoms with E-state index in [1.165, 1.54) is 0 Å². The summed E-state index contributed by atoms with van der Waals surface area (Å²) in [5.74, 6) is -1.18. The molecule has 10 nitrogen and oxygen atoms in total. The first-order chi connectivity index (χ1) is 16.4. The summed E-state index contributed by atoms with van der Waals surface area (Å²) in [5.41, 5.74) is 4.32. The van der Waals surface area contributed by atoms with E-state index in [4.69, 9.17) is 14.4 Å². The molecular formula is C24H24N4O6. The summed E-state index contributed by atoms with van der Waals surface area (Å²) >= 11 is 0. The zero-order chi connectivity index (χ0) is 24.1. The molecule has 1 aromatic heterocycles. The van der Waals surface area contributed by atoms with Crippen LogP contribution in [0.2, 0.25) is 0 Å². The van der Waals surface area contributed by atoms with Crippen LogP contribution in [0.15, 0.2) is 53.1 Å². The number of hydrogen-bond donors (Lipinski definition) is 3. The number of ether oxygens (including phenoxy) is 1. The minimum absolute atomic E-state index is 0.0460. The van der Waals surface area contributed by atoms with Crippen molar-refractivity contribution in [3.63, 3.8) is 0 Å². The number of carbonyl (C=O) groups is 3. The molecule has 3 aromatic rings. The summed E-state index contributed by atoms with van der Waals surface area (Å²) in [7, 11) is 0. The Morgan fingerprint density at radius 2 is 1.74 bits per heavy atom. The summed E-state index contributed by atoms with van der Waals surface area (Å²) in [6.07, 6.45) is -1.21. The third-order valence-corrected chi connectivity index (χ3v) is 5.58. The first kappa shape index (κ1) is 23.0. The van der Waals surface area contributed by atoms with Crippen LogP contribution in [-0.2, 0) is 20.9 Å². The Morgan fingerprint density at radius 3 is 2.32 bits per heavy atom. The zero-order valence-corrected chi connectivity index (χ0v) is 18.5. The van der Waals surface area contributed by atoms with E-state index in [9.17, 15) is 14.4 Å². The second-order valence-corrected chi connectivity index (χ2v) is 7.91. The van der Waals surface area contributed by atoms with Crippen molar-refractivity contribution < 1.29 is 28.8 Å². The molecule has 3 N–H and O–H groups in total. The largest absolute Gasteiger partial charge is 0.481 e. The second-order valence-electron chi connectivity index (χ2n) is 7.91. The quantitative estimate of drug-likeness (QED) is 0.439. The molecule has 0 saturated heterocycles. The second kappa shape index (κ2) is 10.2. The van der Waals surface area contributed by atoms with E-state index in [-0.39, 0.29) is 37.8 Å². The van der Waals surface area contributed by atoms with Gasteiger partial charge in [0.15, 0.2) is 5.82 Å². The fourth-order valence-electron chi connectivity index (χ4n) is 4.02. The Hall–Kier alpha value is -4.21. The SMILES string of the molecule is Cc1noc(CNC(=O)C(CCC(=O)O)NC(=O)OCC2c3ccccc3-c3ccccc32)n1. The molecule has 1 aliphatic rings. The Morgan fingerprint density at radius 1 is 1.09 bits per heavy atom.